The monoisotopic (exact) mass is 339 g/mol. The van der Waals surface area contributed by atoms with Crippen LogP contribution in [0.2, 0.25) is 0 Å². The third-order valence-corrected chi connectivity index (χ3v) is 4.69. The van der Waals surface area contributed by atoms with E-state index in [1.165, 1.54) is 0 Å². The molecular formula is C20H25N3O2. The van der Waals surface area contributed by atoms with Crippen LogP contribution < -0.4 is 15.0 Å². The number of hydrogen-bond acceptors (Lipinski definition) is 4. The van der Waals surface area contributed by atoms with Crippen LogP contribution in [-0.4, -0.2) is 51.1 Å². The summed E-state index contributed by atoms with van der Waals surface area (Å²) in [5, 5.41) is 3.01. The van der Waals surface area contributed by atoms with Crippen LogP contribution in [0.1, 0.15) is 15.9 Å². The topological polar surface area (TPSA) is 44.8 Å². The standard InChI is InChI=1S/C20H25N3O2/c1-15-6-4-5-7-17(15)20(24)21-18-14-16(8-9-19(18)25-3)23-12-10-22(2)11-13-23/h4-9,14H,10-13H2,1-3H3,(H,21,24). The number of amides is 1. The van der Waals surface area contributed by atoms with E-state index in [0.29, 0.717) is 17.0 Å². The fourth-order valence-corrected chi connectivity index (χ4v) is 3.07. The van der Waals surface area contributed by atoms with Crippen molar-refractivity contribution in [2.75, 3.05) is 50.6 Å². The second-order valence-corrected chi connectivity index (χ2v) is 6.44. The molecule has 0 saturated carbocycles. The lowest BCUT2D eigenvalue weighted by Gasteiger charge is -2.34. The number of ether oxygens (including phenoxy) is 1. The molecule has 5 nitrogen and oxygen atoms in total. The molecule has 0 atom stereocenters. The zero-order valence-electron chi connectivity index (χ0n) is 15.1. The Kier molecular flexibility index (Phi) is 5.24. The summed E-state index contributed by atoms with van der Waals surface area (Å²) in [5.74, 6) is 0.548. The number of piperazine rings is 1. The number of likely N-dealkylation sites (N-methyl/N-ethyl adjacent to an activating group) is 1. The molecule has 1 fully saturated rings. The second-order valence-electron chi connectivity index (χ2n) is 6.44. The second kappa shape index (κ2) is 7.57. The molecule has 1 aliphatic rings. The number of hydrogen-bond donors (Lipinski definition) is 1. The summed E-state index contributed by atoms with van der Waals surface area (Å²) in [6, 6.07) is 13.5. The van der Waals surface area contributed by atoms with Gasteiger partial charge < -0.3 is 19.9 Å². The average molecular weight is 339 g/mol. The van der Waals surface area contributed by atoms with Crippen LogP contribution in [0.5, 0.6) is 5.75 Å². The van der Waals surface area contributed by atoms with Gasteiger partial charge in [-0.1, -0.05) is 18.2 Å². The van der Waals surface area contributed by atoms with Crippen LogP contribution in [0.15, 0.2) is 42.5 Å². The minimum atomic E-state index is -0.119. The molecule has 0 aromatic heterocycles. The number of nitrogens with zero attached hydrogens (tertiary/aromatic N) is 2. The molecule has 3 rings (SSSR count). The summed E-state index contributed by atoms with van der Waals surface area (Å²) >= 11 is 0. The quantitative estimate of drug-likeness (QED) is 0.930. The maximum Gasteiger partial charge on any atom is 0.256 e. The fraction of sp³-hybridized carbons (Fsp3) is 0.350. The first-order chi connectivity index (χ1) is 12.1. The molecule has 1 saturated heterocycles. The van der Waals surface area contributed by atoms with Crippen molar-refractivity contribution in [3.05, 3.63) is 53.6 Å². The van der Waals surface area contributed by atoms with E-state index >= 15 is 0 Å². The van der Waals surface area contributed by atoms with Gasteiger partial charge in [-0.15, -0.1) is 0 Å². The van der Waals surface area contributed by atoms with Gasteiger partial charge in [0.1, 0.15) is 5.75 Å². The Morgan fingerprint density at radius 2 is 1.80 bits per heavy atom. The first kappa shape index (κ1) is 17.3. The van der Waals surface area contributed by atoms with E-state index in [9.17, 15) is 4.79 Å². The first-order valence-electron chi connectivity index (χ1n) is 8.57. The third-order valence-electron chi connectivity index (χ3n) is 4.69. The van der Waals surface area contributed by atoms with Gasteiger partial charge in [0, 0.05) is 37.4 Å². The highest BCUT2D eigenvalue weighted by Crippen LogP contribution is 2.30. The Morgan fingerprint density at radius 3 is 2.48 bits per heavy atom. The predicted octanol–water partition coefficient (Wildman–Crippen LogP) is 3.01. The van der Waals surface area contributed by atoms with Crippen molar-refractivity contribution in [2.24, 2.45) is 0 Å². The number of rotatable bonds is 4. The van der Waals surface area contributed by atoms with Crippen LogP contribution in [0.3, 0.4) is 0 Å². The third kappa shape index (κ3) is 3.94. The summed E-state index contributed by atoms with van der Waals surface area (Å²) < 4.78 is 5.43. The van der Waals surface area contributed by atoms with Crippen LogP contribution in [0, 0.1) is 6.92 Å². The highest BCUT2D eigenvalue weighted by molar-refractivity contribution is 6.06. The number of benzene rings is 2. The summed E-state index contributed by atoms with van der Waals surface area (Å²) in [6.45, 7) is 5.97. The van der Waals surface area contributed by atoms with Crippen molar-refractivity contribution in [1.29, 1.82) is 0 Å². The number of anilines is 2. The van der Waals surface area contributed by atoms with Crippen LogP contribution >= 0.6 is 0 Å². The van der Waals surface area contributed by atoms with E-state index < -0.39 is 0 Å². The molecule has 1 N–H and O–H groups in total. The van der Waals surface area contributed by atoms with Gasteiger partial charge in [-0.3, -0.25) is 4.79 Å². The molecule has 25 heavy (non-hydrogen) atoms. The van der Waals surface area contributed by atoms with Crippen LogP contribution in [-0.2, 0) is 0 Å². The lowest BCUT2D eigenvalue weighted by Crippen LogP contribution is -2.44. The van der Waals surface area contributed by atoms with Gasteiger partial charge in [0.05, 0.1) is 12.8 Å². The van der Waals surface area contributed by atoms with E-state index in [1.54, 1.807) is 7.11 Å². The van der Waals surface area contributed by atoms with Crippen LogP contribution in [0.25, 0.3) is 0 Å². The van der Waals surface area contributed by atoms with Crippen LogP contribution in [0.4, 0.5) is 11.4 Å². The molecular weight excluding hydrogens is 314 g/mol. The Balaban J connectivity index is 1.83. The highest BCUT2D eigenvalue weighted by atomic mass is 16.5. The maximum atomic E-state index is 12.6. The van der Waals surface area contributed by atoms with E-state index in [1.807, 2.05) is 49.4 Å². The van der Waals surface area contributed by atoms with Crippen molar-refractivity contribution in [3.63, 3.8) is 0 Å². The number of methoxy groups -OCH3 is 1. The van der Waals surface area contributed by atoms with Crippen molar-refractivity contribution in [2.45, 2.75) is 6.92 Å². The highest BCUT2D eigenvalue weighted by Gasteiger charge is 2.17. The fourth-order valence-electron chi connectivity index (χ4n) is 3.07. The molecule has 0 unspecified atom stereocenters. The van der Waals surface area contributed by atoms with E-state index in [2.05, 4.69) is 22.2 Å². The lowest BCUT2D eigenvalue weighted by atomic mass is 10.1. The molecule has 0 spiro atoms. The Hall–Kier alpha value is -2.53. The van der Waals surface area contributed by atoms with Crippen molar-refractivity contribution < 1.29 is 9.53 Å². The SMILES string of the molecule is COc1ccc(N2CCN(C)CC2)cc1NC(=O)c1ccccc1C. The lowest BCUT2D eigenvalue weighted by molar-refractivity contribution is 0.102. The molecule has 0 aliphatic carbocycles. The Labute approximate surface area is 149 Å². The molecule has 1 aliphatic heterocycles. The van der Waals surface area contributed by atoms with Gasteiger partial charge in [-0.25, -0.2) is 0 Å². The van der Waals surface area contributed by atoms with E-state index in [4.69, 9.17) is 4.74 Å². The Morgan fingerprint density at radius 1 is 1.08 bits per heavy atom. The van der Waals surface area contributed by atoms with Gasteiger partial charge in [-0.2, -0.15) is 0 Å². The maximum absolute atomic E-state index is 12.6. The molecule has 5 heteroatoms. The normalized spacial score (nSPS) is 15.1. The first-order valence-corrected chi connectivity index (χ1v) is 8.57. The average Bonchev–Trinajstić information content (AvgIpc) is 2.62. The van der Waals surface area contributed by atoms with Gasteiger partial charge in [0.25, 0.3) is 5.91 Å². The van der Waals surface area contributed by atoms with Gasteiger partial charge in [-0.05, 0) is 43.8 Å². The summed E-state index contributed by atoms with van der Waals surface area (Å²) in [4.78, 5) is 17.3. The summed E-state index contributed by atoms with van der Waals surface area (Å²) in [5.41, 5.74) is 3.44. The molecule has 2 aromatic carbocycles. The minimum absolute atomic E-state index is 0.119. The zero-order valence-corrected chi connectivity index (χ0v) is 15.1. The van der Waals surface area contributed by atoms with Crippen molar-refractivity contribution >= 4 is 17.3 Å². The molecule has 132 valence electrons. The zero-order chi connectivity index (χ0) is 17.8. The molecule has 1 heterocycles. The smallest absolute Gasteiger partial charge is 0.256 e. The van der Waals surface area contributed by atoms with Gasteiger partial charge in [0.15, 0.2) is 0 Å². The number of carbonyl (C=O) groups excluding carboxylic acids is 1. The van der Waals surface area contributed by atoms with Crippen molar-refractivity contribution in [1.82, 2.24) is 4.90 Å². The minimum Gasteiger partial charge on any atom is -0.495 e. The van der Waals surface area contributed by atoms with Crippen molar-refractivity contribution in [3.8, 4) is 5.75 Å². The van der Waals surface area contributed by atoms with E-state index in [0.717, 1.165) is 37.4 Å². The number of aryl methyl sites for hydroxylation is 1. The largest absolute Gasteiger partial charge is 0.495 e. The predicted molar refractivity (Wildman–Crippen MR) is 102 cm³/mol. The number of carbonyl (C=O) groups is 1. The summed E-state index contributed by atoms with van der Waals surface area (Å²) in [6.07, 6.45) is 0. The molecule has 0 radical (unpaired) electrons. The molecule has 1 amide bonds. The van der Waals surface area contributed by atoms with Gasteiger partial charge >= 0.3 is 0 Å². The Bertz CT molecular complexity index is 752. The summed E-state index contributed by atoms with van der Waals surface area (Å²) in [7, 11) is 3.76. The molecule has 0 bridgehead atoms. The number of nitrogens with one attached hydrogen (secondary N) is 1. The van der Waals surface area contributed by atoms with E-state index in [-0.39, 0.29) is 5.91 Å². The van der Waals surface area contributed by atoms with Gasteiger partial charge in [0.2, 0.25) is 0 Å². The molecule has 2 aromatic rings.